The Bertz CT molecular complexity index is 281. The highest BCUT2D eigenvalue weighted by Crippen LogP contribution is 2.03. The Kier molecular flexibility index (Phi) is 2.34. The van der Waals surface area contributed by atoms with E-state index in [-0.39, 0.29) is 0 Å². The summed E-state index contributed by atoms with van der Waals surface area (Å²) in [7, 11) is 0. The van der Waals surface area contributed by atoms with Gasteiger partial charge in [0.1, 0.15) is 0 Å². The molecule has 0 aliphatic carbocycles. The van der Waals surface area contributed by atoms with Crippen molar-refractivity contribution < 1.29 is 0 Å². The minimum absolute atomic E-state index is 0.395. The lowest BCUT2D eigenvalue weighted by atomic mass is 10.1. The zero-order chi connectivity index (χ0) is 8.10. The second kappa shape index (κ2) is 3.47. The van der Waals surface area contributed by atoms with Crippen LogP contribution in [0, 0.1) is 16.9 Å². The Morgan fingerprint density at radius 2 is 2.00 bits per heavy atom. The van der Waals surface area contributed by atoms with Crippen LogP contribution < -0.4 is 0 Å². The first-order valence-corrected chi connectivity index (χ1v) is 3.19. The molecule has 0 saturated heterocycles. The van der Waals surface area contributed by atoms with Crippen molar-refractivity contribution in [3.8, 4) is 6.07 Å². The Morgan fingerprint density at radius 3 is 2.45 bits per heavy atom. The number of hydrogen-bond donors (Lipinski definition) is 1. The van der Waals surface area contributed by atoms with Crippen LogP contribution in [0.25, 0.3) is 0 Å². The van der Waals surface area contributed by atoms with Crippen LogP contribution in [0.4, 0.5) is 0 Å². The molecular formula is C8H7N3. The second-order valence-corrected chi connectivity index (χ2v) is 2.12. The first-order valence-electron chi connectivity index (χ1n) is 3.19. The average molecular weight is 145 g/mol. The summed E-state index contributed by atoms with van der Waals surface area (Å²) in [6.45, 7) is 0.395. The van der Waals surface area contributed by atoms with Crippen molar-refractivity contribution in [1.82, 2.24) is 0 Å². The molecule has 0 fully saturated rings. The molecule has 3 heteroatoms. The number of nitrogens with one attached hydrogen (secondary N) is 1. The highest BCUT2D eigenvalue weighted by atomic mass is 14.9. The van der Waals surface area contributed by atoms with E-state index in [0.717, 1.165) is 5.56 Å². The molecule has 3 nitrogen and oxygen atoms in total. The third kappa shape index (κ3) is 1.87. The summed E-state index contributed by atoms with van der Waals surface area (Å²) in [4.78, 5) is 0. The molecule has 0 spiro atoms. The number of benzene rings is 1. The topological polar surface area (TPSA) is 60.0 Å². The van der Waals surface area contributed by atoms with Gasteiger partial charge in [-0.05, 0) is 17.7 Å². The minimum Gasteiger partial charge on any atom is -0.210 e. The fraction of sp³-hybridized carbons (Fsp3) is 0.125. The molecule has 0 atom stereocenters. The maximum Gasteiger partial charge on any atom is 0.0991 e. The number of rotatable bonds is 2. The summed E-state index contributed by atoms with van der Waals surface area (Å²) in [5, 5.41) is 11.7. The van der Waals surface area contributed by atoms with Crippen molar-refractivity contribution in [2.75, 3.05) is 0 Å². The molecule has 1 aromatic carbocycles. The summed E-state index contributed by atoms with van der Waals surface area (Å²) in [6, 6.07) is 9.07. The normalized spacial score (nSPS) is 8.64. The summed E-state index contributed by atoms with van der Waals surface area (Å²) in [6.07, 6.45) is 0. The zero-order valence-corrected chi connectivity index (χ0v) is 5.91. The van der Waals surface area contributed by atoms with Crippen molar-refractivity contribution in [3.05, 3.63) is 35.4 Å². The highest BCUT2D eigenvalue weighted by molar-refractivity contribution is 5.31. The molecule has 1 aromatic rings. The van der Waals surface area contributed by atoms with Gasteiger partial charge in [0.15, 0.2) is 0 Å². The van der Waals surface area contributed by atoms with Crippen LogP contribution >= 0.6 is 0 Å². The lowest BCUT2D eigenvalue weighted by Gasteiger charge is -1.92. The van der Waals surface area contributed by atoms with Gasteiger partial charge >= 0.3 is 0 Å². The van der Waals surface area contributed by atoms with Crippen molar-refractivity contribution in [1.29, 1.82) is 10.8 Å². The Hall–Kier alpha value is -1.69. The van der Waals surface area contributed by atoms with Crippen LogP contribution in [0.2, 0.25) is 0 Å². The van der Waals surface area contributed by atoms with Crippen LogP contribution in [0.1, 0.15) is 11.1 Å². The molecule has 0 aromatic heterocycles. The van der Waals surface area contributed by atoms with Gasteiger partial charge in [0.25, 0.3) is 0 Å². The van der Waals surface area contributed by atoms with Crippen LogP contribution in [0.15, 0.2) is 29.4 Å². The SMILES string of the molecule is N#Cc1ccc(CN=N)cc1. The van der Waals surface area contributed by atoms with Crippen LogP contribution in [-0.4, -0.2) is 0 Å². The minimum atomic E-state index is 0.395. The number of hydrogen-bond acceptors (Lipinski definition) is 3. The van der Waals surface area contributed by atoms with Gasteiger partial charge in [-0.3, -0.25) is 0 Å². The average Bonchev–Trinajstić information content (AvgIpc) is 2.07. The summed E-state index contributed by atoms with van der Waals surface area (Å²) >= 11 is 0. The van der Waals surface area contributed by atoms with Gasteiger partial charge in [-0.1, -0.05) is 12.1 Å². The molecule has 0 heterocycles. The third-order valence-corrected chi connectivity index (χ3v) is 1.34. The predicted molar refractivity (Wildman–Crippen MR) is 40.0 cm³/mol. The van der Waals surface area contributed by atoms with E-state index < -0.39 is 0 Å². The predicted octanol–water partition coefficient (Wildman–Crippen LogP) is 2.09. The molecule has 0 radical (unpaired) electrons. The second-order valence-electron chi connectivity index (χ2n) is 2.12. The summed E-state index contributed by atoms with van der Waals surface area (Å²) < 4.78 is 0. The molecule has 1 rings (SSSR count). The lowest BCUT2D eigenvalue weighted by Crippen LogP contribution is -1.80. The highest BCUT2D eigenvalue weighted by Gasteiger charge is 1.90. The molecule has 54 valence electrons. The standard InChI is InChI=1S/C8H7N3/c9-5-7-1-3-8(4-2-7)6-11-10/h1-4,10H,6H2. The Morgan fingerprint density at radius 1 is 1.36 bits per heavy atom. The molecule has 0 aliphatic heterocycles. The molecule has 0 bridgehead atoms. The van der Waals surface area contributed by atoms with E-state index in [0.29, 0.717) is 12.1 Å². The van der Waals surface area contributed by atoms with Crippen molar-refractivity contribution in [2.45, 2.75) is 6.54 Å². The molecule has 0 aliphatic rings. The van der Waals surface area contributed by atoms with Gasteiger partial charge in [-0.2, -0.15) is 10.4 Å². The quantitative estimate of drug-likeness (QED) is 0.636. The van der Waals surface area contributed by atoms with Crippen LogP contribution in [-0.2, 0) is 6.54 Å². The zero-order valence-electron chi connectivity index (χ0n) is 5.91. The lowest BCUT2D eigenvalue weighted by molar-refractivity contribution is 0.908. The van der Waals surface area contributed by atoms with Gasteiger partial charge in [0.2, 0.25) is 0 Å². The summed E-state index contributed by atoms with van der Waals surface area (Å²) in [5.74, 6) is 0. The van der Waals surface area contributed by atoms with Crippen molar-refractivity contribution >= 4 is 0 Å². The van der Waals surface area contributed by atoms with E-state index in [2.05, 4.69) is 5.11 Å². The Labute approximate surface area is 64.8 Å². The van der Waals surface area contributed by atoms with Gasteiger partial charge < -0.3 is 0 Å². The largest absolute Gasteiger partial charge is 0.210 e. The first kappa shape index (κ1) is 7.42. The Balaban J connectivity index is 2.84. The van der Waals surface area contributed by atoms with Gasteiger partial charge in [-0.15, -0.1) is 0 Å². The van der Waals surface area contributed by atoms with Crippen LogP contribution in [0.3, 0.4) is 0 Å². The monoisotopic (exact) mass is 145 g/mol. The smallest absolute Gasteiger partial charge is 0.0991 e. The van der Waals surface area contributed by atoms with E-state index in [1.807, 2.05) is 6.07 Å². The fourth-order valence-electron chi connectivity index (χ4n) is 0.776. The number of nitriles is 1. The van der Waals surface area contributed by atoms with Gasteiger partial charge in [0, 0.05) is 0 Å². The van der Waals surface area contributed by atoms with E-state index in [9.17, 15) is 0 Å². The van der Waals surface area contributed by atoms with Gasteiger partial charge in [0.05, 0.1) is 18.2 Å². The van der Waals surface area contributed by atoms with Crippen molar-refractivity contribution in [3.63, 3.8) is 0 Å². The molecule has 11 heavy (non-hydrogen) atoms. The maximum atomic E-state index is 8.45. The van der Waals surface area contributed by atoms with E-state index in [1.165, 1.54) is 0 Å². The van der Waals surface area contributed by atoms with Gasteiger partial charge in [-0.25, -0.2) is 5.53 Å². The first-order chi connectivity index (χ1) is 5.36. The molecule has 1 N–H and O–H groups in total. The summed E-state index contributed by atoms with van der Waals surface area (Å²) in [5.41, 5.74) is 8.19. The van der Waals surface area contributed by atoms with Crippen LogP contribution in [0.5, 0.6) is 0 Å². The van der Waals surface area contributed by atoms with E-state index in [1.54, 1.807) is 24.3 Å². The molecule has 0 saturated carbocycles. The number of nitrogens with zero attached hydrogens (tertiary/aromatic N) is 2. The fourth-order valence-corrected chi connectivity index (χ4v) is 0.776. The van der Waals surface area contributed by atoms with E-state index in [4.69, 9.17) is 10.8 Å². The molecule has 0 unspecified atom stereocenters. The molecular weight excluding hydrogens is 138 g/mol. The third-order valence-electron chi connectivity index (χ3n) is 1.34. The van der Waals surface area contributed by atoms with E-state index >= 15 is 0 Å². The maximum absolute atomic E-state index is 8.45. The van der Waals surface area contributed by atoms with Crippen molar-refractivity contribution in [2.24, 2.45) is 5.11 Å². The molecule has 0 amide bonds.